The molecule has 0 spiro atoms. The molecule has 1 saturated heterocycles. The highest BCUT2D eigenvalue weighted by molar-refractivity contribution is 5.95. The van der Waals surface area contributed by atoms with Crippen LogP contribution in [-0.2, 0) is 4.79 Å². The summed E-state index contributed by atoms with van der Waals surface area (Å²) in [5.74, 6) is -0.830. The average Bonchev–Trinajstić information content (AvgIpc) is 2.46. The van der Waals surface area contributed by atoms with Crippen LogP contribution in [0.5, 0.6) is 0 Å². The van der Waals surface area contributed by atoms with Gasteiger partial charge in [0.2, 0.25) is 0 Å². The van der Waals surface area contributed by atoms with Crippen molar-refractivity contribution in [2.24, 2.45) is 5.41 Å². The van der Waals surface area contributed by atoms with Gasteiger partial charge in [-0.05, 0) is 37.5 Å². The lowest BCUT2D eigenvalue weighted by Crippen LogP contribution is -2.46. The van der Waals surface area contributed by atoms with E-state index in [9.17, 15) is 14.7 Å². The molecule has 20 heavy (non-hydrogen) atoms. The average molecular weight is 276 g/mol. The number of likely N-dealkylation sites (tertiary alicyclic amines) is 1. The van der Waals surface area contributed by atoms with Crippen LogP contribution >= 0.6 is 0 Å². The Morgan fingerprint density at radius 3 is 2.50 bits per heavy atom. The summed E-state index contributed by atoms with van der Waals surface area (Å²) < 4.78 is 0. The Bertz CT molecular complexity index is 520. The lowest BCUT2D eigenvalue weighted by molar-refractivity contribution is -0.152. The van der Waals surface area contributed by atoms with E-state index in [1.165, 1.54) is 0 Å². The molecule has 1 aliphatic heterocycles. The van der Waals surface area contributed by atoms with Crippen LogP contribution < -0.4 is 5.73 Å². The van der Waals surface area contributed by atoms with E-state index in [-0.39, 0.29) is 5.91 Å². The van der Waals surface area contributed by atoms with Crippen LogP contribution in [0.15, 0.2) is 24.3 Å². The number of nitrogens with zero attached hydrogens (tertiary/aromatic N) is 1. The molecule has 1 fully saturated rings. The third-order valence-corrected chi connectivity index (χ3v) is 4.27. The minimum Gasteiger partial charge on any atom is -0.481 e. The molecule has 0 aliphatic carbocycles. The van der Waals surface area contributed by atoms with Crippen molar-refractivity contribution in [3.05, 3.63) is 29.8 Å². The number of aliphatic carboxylic acids is 1. The van der Waals surface area contributed by atoms with Gasteiger partial charge in [-0.3, -0.25) is 9.59 Å². The molecule has 0 saturated carbocycles. The first-order valence-electron chi connectivity index (χ1n) is 6.87. The number of carbonyl (C=O) groups excluding carboxylic acids is 1. The summed E-state index contributed by atoms with van der Waals surface area (Å²) in [4.78, 5) is 25.4. The number of rotatable bonds is 3. The molecule has 1 aromatic carbocycles. The summed E-state index contributed by atoms with van der Waals surface area (Å²) in [7, 11) is 0. The van der Waals surface area contributed by atoms with Crippen LogP contribution in [0.3, 0.4) is 0 Å². The molecule has 0 aromatic heterocycles. The van der Waals surface area contributed by atoms with Crippen LogP contribution in [0.2, 0.25) is 0 Å². The predicted octanol–water partition coefficient (Wildman–Crippen LogP) is 1.99. The molecule has 1 amide bonds. The van der Waals surface area contributed by atoms with Gasteiger partial charge in [0.25, 0.3) is 5.91 Å². The highest BCUT2D eigenvalue weighted by Gasteiger charge is 2.40. The summed E-state index contributed by atoms with van der Waals surface area (Å²) >= 11 is 0. The third kappa shape index (κ3) is 2.61. The minimum atomic E-state index is -0.754. The topological polar surface area (TPSA) is 83.6 Å². The SMILES string of the molecule is CCC1(C(=O)O)CCN(C(=O)c2cccc(N)c2)CC1. The van der Waals surface area contributed by atoms with Gasteiger partial charge < -0.3 is 15.7 Å². The number of nitrogen functional groups attached to an aromatic ring is 1. The summed E-state index contributed by atoms with van der Waals surface area (Å²) in [6.45, 7) is 2.85. The summed E-state index contributed by atoms with van der Waals surface area (Å²) in [5.41, 5.74) is 6.12. The standard InChI is InChI=1S/C15H20N2O3/c1-2-15(14(19)20)6-8-17(9-7-15)13(18)11-4-3-5-12(16)10-11/h3-5,10H,2,6-9,16H2,1H3,(H,19,20). The number of carbonyl (C=O) groups is 2. The fraction of sp³-hybridized carbons (Fsp3) is 0.467. The van der Waals surface area contributed by atoms with Crippen LogP contribution in [-0.4, -0.2) is 35.0 Å². The molecule has 5 heteroatoms. The number of nitrogens with two attached hydrogens (primary N) is 1. The van der Waals surface area contributed by atoms with E-state index in [4.69, 9.17) is 5.73 Å². The van der Waals surface area contributed by atoms with E-state index in [1.807, 2.05) is 6.92 Å². The van der Waals surface area contributed by atoms with Gasteiger partial charge in [-0.1, -0.05) is 13.0 Å². The Morgan fingerprint density at radius 1 is 1.35 bits per heavy atom. The molecule has 2 rings (SSSR count). The first-order valence-corrected chi connectivity index (χ1v) is 6.87. The van der Waals surface area contributed by atoms with Crippen molar-refractivity contribution in [3.63, 3.8) is 0 Å². The molecule has 108 valence electrons. The van der Waals surface area contributed by atoms with E-state index < -0.39 is 11.4 Å². The molecule has 0 bridgehead atoms. The lowest BCUT2D eigenvalue weighted by Gasteiger charge is -2.38. The van der Waals surface area contributed by atoms with Crippen molar-refractivity contribution >= 4 is 17.6 Å². The summed E-state index contributed by atoms with van der Waals surface area (Å²) in [6, 6.07) is 6.87. The predicted molar refractivity (Wildman–Crippen MR) is 76.4 cm³/mol. The number of hydrogen-bond donors (Lipinski definition) is 2. The minimum absolute atomic E-state index is 0.0765. The number of amides is 1. The van der Waals surface area contributed by atoms with Gasteiger partial charge in [0.1, 0.15) is 0 Å². The van der Waals surface area contributed by atoms with Gasteiger partial charge in [0.15, 0.2) is 0 Å². The zero-order valence-electron chi connectivity index (χ0n) is 11.6. The number of carboxylic acids is 1. The molecule has 1 heterocycles. The third-order valence-electron chi connectivity index (χ3n) is 4.27. The summed E-state index contributed by atoms with van der Waals surface area (Å²) in [6.07, 6.45) is 1.61. The maximum absolute atomic E-state index is 12.3. The molecule has 0 atom stereocenters. The van der Waals surface area contributed by atoms with Crippen LogP contribution in [0.25, 0.3) is 0 Å². The zero-order chi connectivity index (χ0) is 14.8. The zero-order valence-corrected chi connectivity index (χ0v) is 11.6. The van der Waals surface area contributed by atoms with Crippen molar-refractivity contribution in [1.29, 1.82) is 0 Å². The second-order valence-electron chi connectivity index (χ2n) is 5.36. The largest absolute Gasteiger partial charge is 0.481 e. The summed E-state index contributed by atoms with van der Waals surface area (Å²) in [5, 5.41) is 9.35. The van der Waals surface area contributed by atoms with E-state index in [2.05, 4.69) is 0 Å². The van der Waals surface area contributed by atoms with Crippen LogP contribution in [0, 0.1) is 5.41 Å². The highest BCUT2D eigenvalue weighted by atomic mass is 16.4. The van der Waals surface area contributed by atoms with Gasteiger partial charge in [-0.15, -0.1) is 0 Å². The Labute approximate surface area is 118 Å². The van der Waals surface area contributed by atoms with Crippen molar-refractivity contribution in [3.8, 4) is 0 Å². The molecule has 3 N–H and O–H groups in total. The van der Waals surface area contributed by atoms with E-state index >= 15 is 0 Å². The molecule has 1 aliphatic rings. The van der Waals surface area contributed by atoms with Gasteiger partial charge in [-0.2, -0.15) is 0 Å². The molecule has 0 unspecified atom stereocenters. The smallest absolute Gasteiger partial charge is 0.309 e. The van der Waals surface area contributed by atoms with Crippen molar-refractivity contribution < 1.29 is 14.7 Å². The maximum atomic E-state index is 12.3. The lowest BCUT2D eigenvalue weighted by atomic mass is 9.76. The van der Waals surface area contributed by atoms with Crippen molar-refractivity contribution in [1.82, 2.24) is 4.90 Å². The highest BCUT2D eigenvalue weighted by Crippen LogP contribution is 2.35. The van der Waals surface area contributed by atoms with Gasteiger partial charge in [0, 0.05) is 24.3 Å². The molecule has 1 aromatic rings. The normalized spacial score (nSPS) is 17.8. The molecule has 0 radical (unpaired) electrons. The number of benzene rings is 1. The van der Waals surface area contributed by atoms with Crippen LogP contribution in [0.1, 0.15) is 36.5 Å². The molecule has 5 nitrogen and oxygen atoms in total. The number of anilines is 1. The van der Waals surface area contributed by atoms with Crippen LogP contribution in [0.4, 0.5) is 5.69 Å². The second kappa shape index (κ2) is 5.53. The Kier molecular flexibility index (Phi) is 3.97. The van der Waals surface area contributed by atoms with Crippen molar-refractivity contribution in [2.75, 3.05) is 18.8 Å². The van der Waals surface area contributed by atoms with Crippen molar-refractivity contribution in [2.45, 2.75) is 26.2 Å². The van der Waals surface area contributed by atoms with E-state index in [0.717, 1.165) is 0 Å². The van der Waals surface area contributed by atoms with E-state index in [1.54, 1.807) is 29.2 Å². The number of piperidine rings is 1. The second-order valence-corrected chi connectivity index (χ2v) is 5.36. The fourth-order valence-electron chi connectivity index (χ4n) is 2.71. The first-order chi connectivity index (χ1) is 9.48. The van der Waals surface area contributed by atoms with Gasteiger partial charge in [0.05, 0.1) is 5.41 Å². The number of carboxylic acid groups (broad SMARTS) is 1. The van der Waals surface area contributed by atoms with E-state index in [0.29, 0.717) is 43.6 Å². The monoisotopic (exact) mass is 276 g/mol. The maximum Gasteiger partial charge on any atom is 0.309 e. The number of hydrogen-bond acceptors (Lipinski definition) is 3. The Balaban J connectivity index is 2.07. The Hall–Kier alpha value is -2.04. The fourth-order valence-corrected chi connectivity index (χ4v) is 2.71. The quantitative estimate of drug-likeness (QED) is 0.827. The van der Waals surface area contributed by atoms with Gasteiger partial charge >= 0.3 is 5.97 Å². The van der Waals surface area contributed by atoms with Gasteiger partial charge in [-0.25, -0.2) is 0 Å². The molecular formula is C15H20N2O3. The first kappa shape index (κ1) is 14.4. The molecular weight excluding hydrogens is 256 g/mol. The Morgan fingerprint density at radius 2 is 2.00 bits per heavy atom.